The number of aromatic nitrogens is 1. The summed E-state index contributed by atoms with van der Waals surface area (Å²) in [6.07, 6.45) is 0. The van der Waals surface area contributed by atoms with Crippen LogP contribution < -0.4 is 10.9 Å². The smallest absolute Gasteiger partial charge is 0.269 e. The third kappa shape index (κ3) is 1.11. The zero-order chi connectivity index (χ0) is 9.59. The molecule has 0 bridgehead atoms. The van der Waals surface area contributed by atoms with Gasteiger partial charge in [0, 0.05) is 25.8 Å². The van der Waals surface area contributed by atoms with Gasteiger partial charge in [0.25, 0.3) is 5.56 Å². The number of pyridine rings is 1. The van der Waals surface area contributed by atoms with Gasteiger partial charge in [0.1, 0.15) is 5.02 Å². The molecule has 0 amide bonds. The Hall–Kier alpha value is -0.800. The van der Waals surface area contributed by atoms with Gasteiger partial charge in [-0.3, -0.25) is 4.79 Å². The maximum atomic E-state index is 11.6. The van der Waals surface area contributed by atoms with Gasteiger partial charge in [0.05, 0.1) is 0 Å². The Morgan fingerprint density at radius 2 is 2.15 bits per heavy atom. The minimum absolute atomic E-state index is 0.0957. The van der Waals surface area contributed by atoms with Crippen LogP contribution in [0.15, 0.2) is 4.79 Å². The van der Waals surface area contributed by atoms with E-state index in [1.54, 1.807) is 11.6 Å². The molecule has 0 fully saturated rings. The predicted molar refractivity (Wildman–Crippen MR) is 52.0 cm³/mol. The van der Waals surface area contributed by atoms with E-state index in [9.17, 15) is 4.79 Å². The first-order valence-electron chi connectivity index (χ1n) is 4.20. The summed E-state index contributed by atoms with van der Waals surface area (Å²) in [5.41, 5.74) is 3.06. The topological polar surface area (TPSA) is 34.0 Å². The van der Waals surface area contributed by atoms with Crippen molar-refractivity contribution >= 4 is 11.6 Å². The largest absolute Gasteiger partial charge is 0.313 e. The lowest BCUT2D eigenvalue weighted by atomic mass is 10.1. The molecular weight excluding hydrogens is 188 g/mol. The molecule has 13 heavy (non-hydrogen) atoms. The number of hydrogen-bond donors (Lipinski definition) is 1. The summed E-state index contributed by atoms with van der Waals surface area (Å²) in [4.78, 5) is 11.6. The van der Waals surface area contributed by atoms with Crippen molar-refractivity contribution in [1.29, 1.82) is 0 Å². The predicted octanol–water partition coefficient (Wildman–Crippen LogP) is 0.950. The van der Waals surface area contributed by atoms with Crippen molar-refractivity contribution in [3.63, 3.8) is 0 Å². The van der Waals surface area contributed by atoms with E-state index in [0.29, 0.717) is 5.02 Å². The van der Waals surface area contributed by atoms with Crippen LogP contribution in [-0.2, 0) is 20.1 Å². The molecule has 0 aromatic carbocycles. The minimum Gasteiger partial charge on any atom is -0.313 e. The van der Waals surface area contributed by atoms with E-state index in [1.807, 2.05) is 6.92 Å². The number of rotatable bonds is 0. The molecule has 70 valence electrons. The minimum atomic E-state index is -0.0957. The van der Waals surface area contributed by atoms with Crippen molar-refractivity contribution in [1.82, 2.24) is 9.88 Å². The standard InChI is InChI=1S/C9H11ClN2O/c1-5-6-3-11-4-7(6)12(2)9(13)8(5)10/h11H,3-4H2,1-2H3. The summed E-state index contributed by atoms with van der Waals surface area (Å²) in [5.74, 6) is 0. The zero-order valence-electron chi connectivity index (χ0n) is 7.65. The quantitative estimate of drug-likeness (QED) is 0.674. The van der Waals surface area contributed by atoms with Crippen LogP contribution in [0.5, 0.6) is 0 Å². The maximum absolute atomic E-state index is 11.6. The van der Waals surface area contributed by atoms with Crippen LogP contribution >= 0.6 is 11.6 Å². The van der Waals surface area contributed by atoms with Gasteiger partial charge in [-0.25, -0.2) is 0 Å². The summed E-state index contributed by atoms with van der Waals surface area (Å²) < 4.78 is 1.63. The molecule has 0 atom stereocenters. The summed E-state index contributed by atoms with van der Waals surface area (Å²) >= 11 is 5.91. The van der Waals surface area contributed by atoms with Gasteiger partial charge in [0.2, 0.25) is 0 Å². The van der Waals surface area contributed by atoms with Crippen molar-refractivity contribution in [2.24, 2.45) is 7.05 Å². The van der Waals surface area contributed by atoms with Gasteiger partial charge >= 0.3 is 0 Å². The van der Waals surface area contributed by atoms with Crippen LogP contribution in [0.25, 0.3) is 0 Å². The Morgan fingerprint density at radius 1 is 1.46 bits per heavy atom. The molecule has 1 aromatic heterocycles. The van der Waals surface area contributed by atoms with Crippen molar-refractivity contribution in [3.8, 4) is 0 Å². The van der Waals surface area contributed by atoms with Crippen LogP contribution in [0.2, 0.25) is 5.02 Å². The van der Waals surface area contributed by atoms with E-state index >= 15 is 0 Å². The Morgan fingerprint density at radius 3 is 2.85 bits per heavy atom. The highest BCUT2D eigenvalue weighted by Crippen LogP contribution is 2.22. The SMILES string of the molecule is Cc1c2c(n(C)c(=O)c1Cl)CNC2. The van der Waals surface area contributed by atoms with Gasteiger partial charge in [0.15, 0.2) is 0 Å². The van der Waals surface area contributed by atoms with Crippen LogP contribution in [0.1, 0.15) is 16.8 Å². The molecule has 2 heterocycles. The lowest BCUT2D eigenvalue weighted by Crippen LogP contribution is -2.22. The summed E-state index contributed by atoms with van der Waals surface area (Å²) in [6, 6.07) is 0. The van der Waals surface area contributed by atoms with E-state index in [4.69, 9.17) is 11.6 Å². The monoisotopic (exact) mass is 198 g/mol. The number of halogens is 1. The number of nitrogens with zero attached hydrogens (tertiary/aromatic N) is 1. The van der Waals surface area contributed by atoms with E-state index in [-0.39, 0.29) is 5.56 Å². The summed E-state index contributed by atoms with van der Waals surface area (Å²) in [7, 11) is 1.76. The van der Waals surface area contributed by atoms with Crippen molar-refractivity contribution in [3.05, 3.63) is 32.2 Å². The normalized spacial score (nSPS) is 14.7. The van der Waals surface area contributed by atoms with Crippen molar-refractivity contribution in [2.45, 2.75) is 20.0 Å². The number of fused-ring (bicyclic) bond motifs is 1. The molecule has 0 unspecified atom stereocenters. The van der Waals surface area contributed by atoms with Gasteiger partial charge in [-0.1, -0.05) is 11.6 Å². The molecule has 1 aliphatic heterocycles. The molecule has 4 heteroatoms. The fourth-order valence-electron chi connectivity index (χ4n) is 1.75. The Balaban J connectivity index is 2.85. The van der Waals surface area contributed by atoms with E-state index in [0.717, 1.165) is 24.3 Å². The molecule has 0 saturated heterocycles. The number of nitrogens with one attached hydrogen (secondary N) is 1. The van der Waals surface area contributed by atoms with E-state index in [2.05, 4.69) is 5.32 Å². The molecule has 0 radical (unpaired) electrons. The summed E-state index contributed by atoms with van der Waals surface area (Å²) in [5, 5.41) is 3.56. The second-order valence-electron chi connectivity index (χ2n) is 3.33. The highest BCUT2D eigenvalue weighted by molar-refractivity contribution is 6.31. The molecule has 3 nitrogen and oxygen atoms in total. The fourth-order valence-corrected chi connectivity index (χ4v) is 1.99. The Kier molecular flexibility index (Phi) is 1.93. The highest BCUT2D eigenvalue weighted by Gasteiger charge is 2.19. The lowest BCUT2D eigenvalue weighted by Gasteiger charge is -2.09. The second kappa shape index (κ2) is 2.86. The van der Waals surface area contributed by atoms with Crippen LogP contribution in [0.3, 0.4) is 0 Å². The zero-order valence-corrected chi connectivity index (χ0v) is 8.40. The average molecular weight is 199 g/mol. The first-order valence-corrected chi connectivity index (χ1v) is 4.58. The highest BCUT2D eigenvalue weighted by atomic mass is 35.5. The van der Waals surface area contributed by atoms with Gasteiger partial charge in [-0.2, -0.15) is 0 Å². The molecule has 0 saturated carbocycles. The van der Waals surface area contributed by atoms with Gasteiger partial charge in [-0.05, 0) is 18.1 Å². The summed E-state index contributed by atoms with van der Waals surface area (Å²) in [6.45, 7) is 3.48. The maximum Gasteiger partial charge on any atom is 0.269 e. The fraction of sp³-hybridized carbons (Fsp3) is 0.444. The van der Waals surface area contributed by atoms with Gasteiger partial charge < -0.3 is 9.88 Å². The lowest BCUT2D eigenvalue weighted by molar-refractivity contribution is 0.720. The molecule has 2 rings (SSSR count). The van der Waals surface area contributed by atoms with Crippen molar-refractivity contribution in [2.75, 3.05) is 0 Å². The Labute approximate surface area is 81.3 Å². The van der Waals surface area contributed by atoms with Gasteiger partial charge in [-0.15, -0.1) is 0 Å². The van der Waals surface area contributed by atoms with Crippen LogP contribution in [-0.4, -0.2) is 4.57 Å². The molecule has 0 aliphatic carbocycles. The number of hydrogen-bond acceptors (Lipinski definition) is 2. The molecule has 1 aliphatic rings. The van der Waals surface area contributed by atoms with Crippen LogP contribution in [0.4, 0.5) is 0 Å². The second-order valence-corrected chi connectivity index (χ2v) is 3.71. The van der Waals surface area contributed by atoms with Crippen LogP contribution in [0, 0.1) is 6.92 Å². The molecule has 1 aromatic rings. The molecular formula is C9H11ClN2O. The van der Waals surface area contributed by atoms with Crippen molar-refractivity contribution < 1.29 is 0 Å². The molecule has 1 N–H and O–H groups in total. The first-order chi connectivity index (χ1) is 6.13. The third-order valence-corrected chi connectivity index (χ3v) is 3.07. The Bertz CT molecular complexity index is 423. The van der Waals surface area contributed by atoms with E-state index < -0.39 is 0 Å². The first kappa shape index (κ1) is 8.78. The molecule has 0 spiro atoms. The van der Waals surface area contributed by atoms with E-state index in [1.165, 1.54) is 5.56 Å². The average Bonchev–Trinajstić information content (AvgIpc) is 2.59. The third-order valence-electron chi connectivity index (χ3n) is 2.62.